The summed E-state index contributed by atoms with van der Waals surface area (Å²) in [6.07, 6.45) is 0.693. The van der Waals surface area contributed by atoms with Crippen LogP contribution in [0.4, 0.5) is 5.69 Å². The van der Waals surface area contributed by atoms with Gasteiger partial charge in [-0.05, 0) is 18.6 Å². The molecule has 0 aliphatic rings. The van der Waals surface area contributed by atoms with Crippen molar-refractivity contribution in [2.75, 3.05) is 17.6 Å². The fourth-order valence-corrected chi connectivity index (χ4v) is 1.16. The number of rotatable bonds is 4. The average molecular weight is 186 g/mol. The maximum atomic E-state index is 8.58. The highest BCUT2D eigenvalue weighted by atomic mass is 35.5. The molecule has 0 radical (unpaired) electrons. The molecule has 0 atom stereocenters. The summed E-state index contributed by atoms with van der Waals surface area (Å²) >= 11 is 5.91. The summed E-state index contributed by atoms with van der Waals surface area (Å²) < 4.78 is 1.61. The Balaban J connectivity index is 2.48. The van der Waals surface area contributed by atoms with Crippen molar-refractivity contribution in [3.8, 4) is 0 Å². The van der Waals surface area contributed by atoms with Gasteiger partial charge in [0.1, 0.15) is 0 Å². The maximum absolute atomic E-state index is 8.58. The van der Waals surface area contributed by atoms with E-state index in [1.807, 2.05) is 30.3 Å². The lowest BCUT2D eigenvalue weighted by Gasteiger charge is -2.14. The first-order valence-corrected chi connectivity index (χ1v) is 4.27. The van der Waals surface area contributed by atoms with E-state index in [0.717, 1.165) is 5.69 Å². The zero-order valence-corrected chi connectivity index (χ0v) is 7.54. The van der Waals surface area contributed by atoms with E-state index in [-0.39, 0.29) is 6.61 Å². The van der Waals surface area contributed by atoms with Gasteiger partial charge < -0.3 is 5.11 Å². The number of para-hydroxylation sites is 1. The van der Waals surface area contributed by atoms with Crippen LogP contribution in [0.3, 0.4) is 0 Å². The summed E-state index contributed by atoms with van der Waals surface area (Å²) in [6.45, 7) is 0.845. The normalized spacial score (nSPS) is 9.83. The van der Waals surface area contributed by atoms with Crippen LogP contribution in [-0.2, 0) is 0 Å². The van der Waals surface area contributed by atoms with Crippen molar-refractivity contribution in [2.45, 2.75) is 6.42 Å². The lowest BCUT2D eigenvalue weighted by atomic mass is 10.3. The van der Waals surface area contributed by atoms with Crippen molar-refractivity contribution >= 4 is 17.5 Å². The van der Waals surface area contributed by atoms with Gasteiger partial charge in [-0.15, -0.1) is 0 Å². The molecular weight excluding hydrogens is 174 g/mol. The van der Waals surface area contributed by atoms with Crippen LogP contribution in [0.15, 0.2) is 30.3 Å². The van der Waals surface area contributed by atoms with Gasteiger partial charge in [-0.3, -0.25) is 4.42 Å². The second kappa shape index (κ2) is 5.01. The summed E-state index contributed by atoms with van der Waals surface area (Å²) in [5.41, 5.74) is 0.965. The fraction of sp³-hybridized carbons (Fsp3) is 0.333. The van der Waals surface area contributed by atoms with Crippen molar-refractivity contribution in [2.24, 2.45) is 0 Å². The number of hydrogen-bond acceptors (Lipinski definition) is 2. The van der Waals surface area contributed by atoms with Crippen molar-refractivity contribution in [3.05, 3.63) is 30.3 Å². The molecule has 0 saturated heterocycles. The van der Waals surface area contributed by atoms with Gasteiger partial charge in [-0.25, -0.2) is 0 Å². The number of hydrogen-bond donors (Lipinski definition) is 1. The van der Waals surface area contributed by atoms with Crippen LogP contribution in [0, 0.1) is 0 Å². The SMILES string of the molecule is OCCCN(Cl)c1ccccc1. The summed E-state index contributed by atoms with van der Waals surface area (Å²) in [4.78, 5) is 0. The van der Waals surface area contributed by atoms with Gasteiger partial charge in [0.05, 0.1) is 5.69 Å². The number of anilines is 1. The minimum absolute atomic E-state index is 0.177. The van der Waals surface area contributed by atoms with Gasteiger partial charge in [0.25, 0.3) is 0 Å². The lowest BCUT2D eigenvalue weighted by molar-refractivity contribution is 0.291. The van der Waals surface area contributed by atoms with Gasteiger partial charge >= 0.3 is 0 Å². The van der Waals surface area contributed by atoms with Crippen LogP contribution in [0.1, 0.15) is 6.42 Å². The molecule has 66 valence electrons. The Morgan fingerprint density at radius 2 is 1.92 bits per heavy atom. The van der Waals surface area contributed by atoms with Crippen molar-refractivity contribution in [3.63, 3.8) is 0 Å². The monoisotopic (exact) mass is 185 g/mol. The van der Waals surface area contributed by atoms with Crippen molar-refractivity contribution in [1.29, 1.82) is 0 Å². The summed E-state index contributed by atoms with van der Waals surface area (Å²) in [6, 6.07) is 9.68. The van der Waals surface area contributed by atoms with Gasteiger partial charge in [0.2, 0.25) is 0 Å². The molecule has 0 unspecified atom stereocenters. The molecule has 0 aliphatic carbocycles. The number of aliphatic hydroxyl groups excluding tert-OH is 1. The first-order valence-electron chi connectivity index (χ1n) is 3.94. The molecule has 1 aromatic rings. The molecular formula is C9H12ClNO. The van der Waals surface area contributed by atoms with E-state index in [2.05, 4.69) is 0 Å². The Labute approximate surface area is 77.5 Å². The predicted octanol–water partition coefficient (Wildman–Crippen LogP) is 2.03. The molecule has 1 aromatic carbocycles. The lowest BCUT2D eigenvalue weighted by Crippen LogP contribution is -2.12. The summed E-state index contributed by atoms with van der Waals surface area (Å²) in [5.74, 6) is 0. The summed E-state index contributed by atoms with van der Waals surface area (Å²) in [5, 5.41) is 8.58. The fourth-order valence-electron chi connectivity index (χ4n) is 0.928. The summed E-state index contributed by atoms with van der Waals surface area (Å²) in [7, 11) is 0. The third-order valence-corrected chi connectivity index (χ3v) is 1.91. The molecule has 0 bridgehead atoms. The second-order valence-corrected chi connectivity index (χ2v) is 2.91. The third kappa shape index (κ3) is 2.72. The first kappa shape index (κ1) is 9.36. The van der Waals surface area contributed by atoms with E-state index < -0.39 is 0 Å². The predicted molar refractivity (Wildman–Crippen MR) is 51.3 cm³/mol. The van der Waals surface area contributed by atoms with E-state index in [4.69, 9.17) is 16.9 Å². The highest BCUT2D eigenvalue weighted by molar-refractivity contribution is 6.25. The van der Waals surface area contributed by atoms with Gasteiger partial charge in [0, 0.05) is 24.9 Å². The van der Waals surface area contributed by atoms with E-state index in [9.17, 15) is 0 Å². The Hall–Kier alpha value is -0.730. The molecule has 0 fully saturated rings. The number of benzene rings is 1. The highest BCUT2D eigenvalue weighted by Crippen LogP contribution is 2.15. The Morgan fingerprint density at radius 1 is 1.25 bits per heavy atom. The van der Waals surface area contributed by atoms with Crippen LogP contribution < -0.4 is 4.42 Å². The molecule has 0 aromatic heterocycles. The molecule has 0 heterocycles. The van der Waals surface area contributed by atoms with E-state index in [1.54, 1.807) is 4.42 Å². The number of halogens is 1. The molecule has 0 aliphatic heterocycles. The van der Waals surface area contributed by atoms with Gasteiger partial charge in [-0.2, -0.15) is 0 Å². The van der Waals surface area contributed by atoms with E-state index >= 15 is 0 Å². The molecule has 0 saturated carbocycles. The van der Waals surface area contributed by atoms with E-state index in [0.29, 0.717) is 13.0 Å². The molecule has 1 rings (SSSR count). The van der Waals surface area contributed by atoms with Crippen LogP contribution in [0.25, 0.3) is 0 Å². The van der Waals surface area contributed by atoms with Crippen LogP contribution >= 0.6 is 11.8 Å². The average Bonchev–Trinajstić information content (AvgIpc) is 2.15. The van der Waals surface area contributed by atoms with E-state index in [1.165, 1.54) is 0 Å². The molecule has 0 spiro atoms. The minimum atomic E-state index is 0.177. The third-order valence-electron chi connectivity index (χ3n) is 1.55. The maximum Gasteiger partial charge on any atom is 0.0523 e. The zero-order valence-electron chi connectivity index (χ0n) is 6.78. The van der Waals surface area contributed by atoms with Crippen molar-refractivity contribution in [1.82, 2.24) is 0 Å². The van der Waals surface area contributed by atoms with Gasteiger partial charge in [0.15, 0.2) is 0 Å². The van der Waals surface area contributed by atoms with Crippen LogP contribution in [0.2, 0.25) is 0 Å². The Kier molecular flexibility index (Phi) is 3.91. The molecule has 12 heavy (non-hydrogen) atoms. The number of nitrogens with zero attached hydrogens (tertiary/aromatic N) is 1. The van der Waals surface area contributed by atoms with Crippen LogP contribution in [-0.4, -0.2) is 18.3 Å². The highest BCUT2D eigenvalue weighted by Gasteiger charge is 1.99. The van der Waals surface area contributed by atoms with Crippen molar-refractivity contribution < 1.29 is 5.11 Å². The largest absolute Gasteiger partial charge is 0.396 e. The van der Waals surface area contributed by atoms with Crippen LogP contribution in [0.5, 0.6) is 0 Å². The topological polar surface area (TPSA) is 23.5 Å². The standard InChI is InChI=1S/C9H12ClNO/c10-11(7-4-8-12)9-5-2-1-3-6-9/h1-3,5-6,12H,4,7-8H2. The zero-order chi connectivity index (χ0) is 8.81. The molecule has 1 N–H and O–H groups in total. The molecule has 0 amide bonds. The molecule has 3 heteroatoms. The Morgan fingerprint density at radius 3 is 2.50 bits per heavy atom. The quantitative estimate of drug-likeness (QED) is 0.726. The minimum Gasteiger partial charge on any atom is -0.396 e. The first-order chi connectivity index (χ1) is 5.84. The second-order valence-electron chi connectivity index (χ2n) is 2.50. The molecule has 2 nitrogen and oxygen atoms in total. The van der Waals surface area contributed by atoms with Gasteiger partial charge in [-0.1, -0.05) is 18.2 Å². The Bertz CT molecular complexity index is 215. The smallest absolute Gasteiger partial charge is 0.0523 e. The number of aliphatic hydroxyl groups is 1.